The number of nitrogens with two attached hydrogens (primary N) is 2. The van der Waals surface area contributed by atoms with Crippen molar-refractivity contribution in [1.82, 2.24) is 14.8 Å². The number of hydrogen-bond donors (Lipinski definition) is 4. The average Bonchev–Trinajstić information content (AvgIpc) is 2.86. The van der Waals surface area contributed by atoms with Crippen molar-refractivity contribution in [3.63, 3.8) is 0 Å². The summed E-state index contributed by atoms with van der Waals surface area (Å²) in [5.74, 6) is -0.782. The number of aromatic nitrogens is 3. The quantitative estimate of drug-likeness (QED) is 0.407. The number of aliphatic hydroxyl groups is 2. The van der Waals surface area contributed by atoms with Crippen LogP contribution in [0.5, 0.6) is 0 Å². The number of nitrogen functional groups attached to an aromatic ring is 1. The van der Waals surface area contributed by atoms with Crippen LogP contribution in [0.25, 0.3) is 0 Å². The van der Waals surface area contributed by atoms with Crippen LogP contribution in [-0.4, -0.2) is 61.9 Å². The van der Waals surface area contributed by atoms with Crippen LogP contribution in [0, 0.1) is 5.92 Å². The van der Waals surface area contributed by atoms with Crippen LogP contribution >= 0.6 is 0 Å². The van der Waals surface area contributed by atoms with E-state index in [2.05, 4.69) is 10.1 Å². The topological polar surface area (TPSA) is 176 Å². The molecular weight excluding hydrogens is 334 g/mol. The lowest BCUT2D eigenvalue weighted by atomic mass is 10.0. The van der Waals surface area contributed by atoms with E-state index in [0.29, 0.717) is 6.42 Å². The van der Waals surface area contributed by atoms with E-state index in [4.69, 9.17) is 20.9 Å². The third-order valence-corrected chi connectivity index (χ3v) is 4.23. The molecule has 11 heteroatoms. The summed E-state index contributed by atoms with van der Waals surface area (Å²) in [6, 6.07) is -0.796. The van der Waals surface area contributed by atoms with Crippen molar-refractivity contribution >= 4 is 11.8 Å². The second-order valence-electron chi connectivity index (χ2n) is 6.00. The van der Waals surface area contributed by atoms with Crippen LogP contribution in [0.1, 0.15) is 26.5 Å². The predicted molar refractivity (Wildman–Crippen MR) is 85.0 cm³/mol. The zero-order valence-corrected chi connectivity index (χ0v) is 14.0. The fourth-order valence-corrected chi connectivity index (χ4v) is 2.35. The Morgan fingerprint density at radius 2 is 2.16 bits per heavy atom. The summed E-state index contributed by atoms with van der Waals surface area (Å²) in [7, 11) is 0. The molecule has 0 radical (unpaired) electrons. The van der Waals surface area contributed by atoms with Gasteiger partial charge in [0.1, 0.15) is 36.8 Å². The van der Waals surface area contributed by atoms with Crippen molar-refractivity contribution in [1.29, 1.82) is 0 Å². The summed E-state index contributed by atoms with van der Waals surface area (Å²) in [6.45, 7) is 3.39. The minimum Gasteiger partial charge on any atom is -0.462 e. The van der Waals surface area contributed by atoms with E-state index in [1.807, 2.05) is 13.8 Å². The molecule has 1 aromatic rings. The highest BCUT2D eigenvalue weighted by Crippen LogP contribution is 2.28. The Hall–Kier alpha value is -2.08. The normalized spacial score (nSPS) is 28.5. The molecule has 6 atom stereocenters. The van der Waals surface area contributed by atoms with Crippen molar-refractivity contribution in [2.24, 2.45) is 11.7 Å². The molecule has 1 aromatic heterocycles. The SMILES string of the molecule is CC[C@H](C)[C@H](N)C(=O)OC[C@H]1O[C@@H](n2ncc(N)nc2=O)[C@@H](O)[C@H]1O. The Balaban J connectivity index is 2.02. The molecule has 11 nitrogen and oxygen atoms in total. The Kier molecular flexibility index (Phi) is 6.06. The van der Waals surface area contributed by atoms with Gasteiger partial charge in [-0.3, -0.25) is 4.79 Å². The van der Waals surface area contributed by atoms with Crippen molar-refractivity contribution in [2.75, 3.05) is 12.3 Å². The van der Waals surface area contributed by atoms with E-state index in [9.17, 15) is 19.8 Å². The second-order valence-corrected chi connectivity index (χ2v) is 6.00. The zero-order chi connectivity index (χ0) is 18.7. The summed E-state index contributed by atoms with van der Waals surface area (Å²) < 4.78 is 11.2. The van der Waals surface area contributed by atoms with Crippen molar-refractivity contribution < 1.29 is 24.5 Å². The highest BCUT2D eigenvalue weighted by Gasteiger charge is 2.45. The number of esters is 1. The van der Waals surface area contributed by atoms with Gasteiger partial charge >= 0.3 is 11.7 Å². The zero-order valence-electron chi connectivity index (χ0n) is 14.0. The first-order valence-corrected chi connectivity index (χ1v) is 7.91. The monoisotopic (exact) mass is 357 g/mol. The van der Waals surface area contributed by atoms with Gasteiger partial charge in [0.05, 0.1) is 6.20 Å². The Bertz CT molecular complexity index is 667. The number of carbonyl (C=O) groups is 1. The van der Waals surface area contributed by atoms with Crippen LogP contribution in [0.15, 0.2) is 11.0 Å². The van der Waals surface area contributed by atoms with E-state index in [0.717, 1.165) is 10.9 Å². The van der Waals surface area contributed by atoms with E-state index in [-0.39, 0.29) is 18.3 Å². The summed E-state index contributed by atoms with van der Waals surface area (Å²) in [5, 5.41) is 23.9. The van der Waals surface area contributed by atoms with Gasteiger partial charge in [-0.2, -0.15) is 14.8 Å². The van der Waals surface area contributed by atoms with Crippen molar-refractivity contribution in [3.05, 3.63) is 16.7 Å². The number of carbonyl (C=O) groups excluding carboxylic acids is 1. The second kappa shape index (κ2) is 7.87. The number of aliphatic hydroxyl groups excluding tert-OH is 2. The molecule has 0 saturated carbocycles. The van der Waals surface area contributed by atoms with Crippen LogP contribution in [0.4, 0.5) is 5.82 Å². The molecule has 1 fully saturated rings. The molecule has 6 N–H and O–H groups in total. The average molecular weight is 357 g/mol. The first kappa shape index (κ1) is 19.2. The number of ether oxygens (including phenoxy) is 2. The van der Waals surface area contributed by atoms with E-state index in [1.165, 1.54) is 0 Å². The van der Waals surface area contributed by atoms with Gasteiger partial charge in [-0.05, 0) is 5.92 Å². The number of hydrogen-bond acceptors (Lipinski definition) is 10. The van der Waals surface area contributed by atoms with Gasteiger partial charge in [0.15, 0.2) is 6.23 Å². The molecule has 0 aromatic carbocycles. The van der Waals surface area contributed by atoms with Crippen molar-refractivity contribution in [2.45, 2.75) is 50.8 Å². The molecule has 0 spiro atoms. The summed E-state index contributed by atoms with van der Waals surface area (Å²) in [5.41, 5.74) is 10.3. The van der Waals surface area contributed by atoms with Gasteiger partial charge in [0.2, 0.25) is 0 Å². The first-order valence-electron chi connectivity index (χ1n) is 7.91. The Morgan fingerprint density at radius 3 is 2.76 bits per heavy atom. The lowest BCUT2D eigenvalue weighted by Gasteiger charge is -2.19. The van der Waals surface area contributed by atoms with Crippen molar-refractivity contribution in [3.8, 4) is 0 Å². The van der Waals surface area contributed by atoms with Gasteiger partial charge < -0.3 is 31.2 Å². The largest absolute Gasteiger partial charge is 0.462 e. The molecule has 1 aliphatic rings. The standard InChI is InChI=1S/C14H23N5O6/c1-3-6(2)9(16)13(22)24-5-7-10(20)11(21)12(25-7)19-14(23)18-8(15)4-17-19/h4,6-7,9-12,20-21H,3,5,16H2,1-2H3,(H2,15,18,23)/t6-,7+,9-,10-,11-,12+/m0/s1. The minimum atomic E-state index is -1.46. The highest BCUT2D eigenvalue weighted by atomic mass is 16.6. The molecule has 0 unspecified atom stereocenters. The van der Waals surface area contributed by atoms with Gasteiger partial charge in [0, 0.05) is 0 Å². The molecule has 0 amide bonds. The van der Waals surface area contributed by atoms with E-state index < -0.39 is 42.2 Å². The van der Waals surface area contributed by atoms with E-state index >= 15 is 0 Å². The predicted octanol–water partition coefficient (Wildman–Crippen LogP) is -2.24. The maximum atomic E-state index is 11.9. The number of nitrogens with zero attached hydrogens (tertiary/aromatic N) is 3. The lowest BCUT2D eigenvalue weighted by Crippen LogP contribution is -2.41. The number of anilines is 1. The Morgan fingerprint density at radius 1 is 1.48 bits per heavy atom. The molecule has 2 heterocycles. The smallest absolute Gasteiger partial charge is 0.368 e. The highest BCUT2D eigenvalue weighted by molar-refractivity contribution is 5.75. The van der Waals surface area contributed by atoms with Crippen LogP contribution in [0.3, 0.4) is 0 Å². The third kappa shape index (κ3) is 4.12. The molecule has 2 rings (SSSR count). The molecule has 1 aliphatic heterocycles. The van der Waals surface area contributed by atoms with Crippen LogP contribution < -0.4 is 17.2 Å². The fourth-order valence-electron chi connectivity index (χ4n) is 2.35. The minimum absolute atomic E-state index is 0.0658. The molecule has 1 saturated heterocycles. The molecular formula is C14H23N5O6. The molecule has 25 heavy (non-hydrogen) atoms. The third-order valence-electron chi connectivity index (χ3n) is 4.23. The summed E-state index contributed by atoms with van der Waals surface area (Å²) in [4.78, 5) is 27.2. The van der Waals surface area contributed by atoms with Gasteiger partial charge in [0.25, 0.3) is 0 Å². The van der Waals surface area contributed by atoms with Gasteiger partial charge in [-0.1, -0.05) is 20.3 Å². The van der Waals surface area contributed by atoms with E-state index in [1.54, 1.807) is 0 Å². The lowest BCUT2D eigenvalue weighted by molar-refractivity contribution is -0.153. The fraction of sp³-hybridized carbons (Fsp3) is 0.714. The molecule has 140 valence electrons. The van der Waals surface area contributed by atoms with Crippen LogP contribution in [-0.2, 0) is 14.3 Å². The molecule has 0 aliphatic carbocycles. The van der Waals surface area contributed by atoms with Gasteiger partial charge in [-0.25, -0.2) is 4.79 Å². The first-order chi connectivity index (χ1) is 11.8. The molecule has 0 bridgehead atoms. The maximum absolute atomic E-state index is 11.9. The Labute approximate surface area is 143 Å². The number of rotatable bonds is 6. The maximum Gasteiger partial charge on any atom is 0.368 e. The summed E-state index contributed by atoms with van der Waals surface area (Å²) in [6.07, 6.45) is -3.34. The van der Waals surface area contributed by atoms with Gasteiger partial charge in [-0.15, -0.1) is 0 Å². The van der Waals surface area contributed by atoms with Crippen LogP contribution in [0.2, 0.25) is 0 Å². The summed E-state index contributed by atoms with van der Waals surface area (Å²) >= 11 is 0.